The Bertz CT molecular complexity index is 558. The quantitative estimate of drug-likeness (QED) is 0.745. The van der Waals surface area contributed by atoms with Crippen LogP contribution >= 0.6 is 0 Å². The van der Waals surface area contributed by atoms with Gasteiger partial charge in [-0.25, -0.2) is 0 Å². The number of aryl methyl sites for hydroxylation is 1. The summed E-state index contributed by atoms with van der Waals surface area (Å²) in [5.74, 6) is -0.131. The molecule has 2 amide bonds. The maximum Gasteiger partial charge on any atom is 0.240 e. The highest BCUT2D eigenvalue weighted by atomic mass is 16.2. The molecule has 0 radical (unpaired) electrons. The molecule has 0 unspecified atom stereocenters. The number of benzene rings is 1. The molecule has 23 heavy (non-hydrogen) atoms. The zero-order chi connectivity index (χ0) is 16.9. The van der Waals surface area contributed by atoms with E-state index < -0.39 is 5.41 Å². The minimum atomic E-state index is -0.828. The summed E-state index contributed by atoms with van der Waals surface area (Å²) in [5.41, 5.74) is 1.10. The summed E-state index contributed by atoms with van der Waals surface area (Å²) >= 11 is 0. The molecule has 0 aliphatic heterocycles. The third kappa shape index (κ3) is 3.74. The van der Waals surface area contributed by atoms with Crippen LogP contribution in [0.3, 0.4) is 0 Å². The first kappa shape index (κ1) is 17.5. The van der Waals surface area contributed by atoms with E-state index in [2.05, 4.69) is 26.1 Å². The molecule has 1 aromatic rings. The number of carbonyl (C=O) groups is 2. The van der Waals surface area contributed by atoms with Gasteiger partial charge in [-0.1, -0.05) is 39.0 Å². The van der Waals surface area contributed by atoms with Crippen LogP contribution in [0.25, 0.3) is 0 Å². The van der Waals surface area contributed by atoms with Crippen molar-refractivity contribution < 1.29 is 9.59 Å². The fraction of sp³-hybridized carbons (Fsp3) is 0.579. The molecule has 0 saturated heterocycles. The van der Waals surface area contributed by atoms with Gasteiger partial charge in [0.2, 0.25) is 11.8 Å². The van der Waals surface area contributed by atoms with E-state index in [4.69, 9.17) is 0 Å². The molecule has 4 heteroatoms. The number of nitrogens with zero attached hydrogens (tertiary/aromatic N) is 1. The molecule has 4 nitrogen and oxygen atoms in total. The third-order valence-corrected chi connectivity index (χ3v) is 4.51. The highest BCUT2D eigenvalue weighted by molar-refractivity contribution is 6.13. The molecule has 0 aromatic heterocycles. The molecule has 1 N–H and O–H groups in total. The Morgan fingerprint density at radius 1 is 1.09 bits per heavy atom. The highest BCUT2D eigenvalue weighted by Gasteiger charge is 2.57. The molecule has 1 aliphatic carbocycles. The van der Waals surface area contributed by atoms with Gasteiger partial charge in [0.15, 0.2) is 0 Å². The second-order valence-corrected chi connectivity index (χ2v) is 6.34. The largest absolute Gasteiger partial charge is 0.342 e. The Morgan fingerprint density at radius 2 is 1.70 bits per heavy atom. The van der Waals surface area contributed by atoms with Crippen LogP contribution in [0.15, 0.2) is 24.3 Å². The van der Waals surface area contributed by atoms with Crippen molar-refractivity contribution in [1.29, 1.82) is 0 Å². The van der Waals surface area contributed by atoms with Gasteiger partial charge in [-0.15, -0.1) is 0 Å². The molecule has 126 valence electrons. The van der Waals surface area contributed by atoms with Gasteiger partial charge in [0.05, 0.1) is 0 Å². The van der Waals surface area contributed by atoms with Crippen molar-refractivity contribution in [2.24, 2.45) is 5.41 Å². The zero-order valence-electron chi connectivity index (χ0n) is 14.5. The van der Waals surface area contributed by atoms with Crippen molar-refractivity contribution in [3.63, 3.8) is 0 Å². The van der Waals surface area contributed by atoms with Crippen LogP contribution in [0.5, 0.6) is 0 Å². The third-order valence-electron chi connectivity index (χ3n) is 4.51. The molecule has 2 rings (SSSR count). The molecule has 0 spiro atoms. The van der Waals surface area contributed by atoms with Gasteiger partial charge < -0.3 is 10.2 Å². The van der Waals surface area contributed by atoms with E-state index in [9.17, 15) is 9.59 Å². The van der Waals surface area contributed by atoms with E-state index in [1.54, 1.807) is 0 Å². The summed E-state index contributed by atoms with van der Waals surface area (Å²) in [6.07, 6.45) is 4.02. The van der Waals surface area contributed by atoms with Gasteiger partial charge in [0.25, 0.3) is 0 Å². The molecule has 1 aromatic carbocycles. The second kappa shape index (κ2) is 7.62. The maximum absolute atomic E-state index is 12.9. The fourth-order valence-corrected chi connectivity index (χ4v) is 3.01. The van der Waals surface area contributed by atoms with Gasteiger partial charge in [-0.05, 0) is 43.7 Å². The van der Waals surface area contributed by atoms with E-state index in [0.717, 1.165) is 43.6 Å². The first-order valence-corrected chi connectivity index (χ1v) is 8.77. The molecule has 1 saturated carbocycles. The van der Waals surface area contributed by atoms with Crippen molar-refractivity contribution in [2.45, 2.75) is 52.9 Å². The Morgan fingerprint density at radius 3 is 2.22 bits per heavy atom. The Labute approximate surface area is 139 Å². The monoisotopic (exact) mass is 316 g/mol. The predicted octanol–water partition coefficient (Wildman–Crippen LogP) is 3.62. The fourth-order valence-electron chi connectivity index (χ4n) is 3.01. The summed E-state index contributed by atoms with van der Waals surface area (Å²) in [7, 11) is 0. The summed E-state index contributed by atoms with van der Waals surface area (Å²) in [6.45, 7) is 7.65. The topological polar surface area (TPSA) is 49.4 Å². The Hall–Kier alpha value is -1.84. The molecule has 1 fully saturated rings. The SMILES string of the molecule is CCCN(CCC)C(=O)C1(C(=O)Nc2ccccc2CC)CC1. The first-order valence-electron chi connectivity index (χ1n) is 8.77. The average Bonchev–Trinajstić information content (AvgIpc) is 3.36. The predicted molar refractivity (Wildman–Crippen MR) is 93.3 cm³/mol. The van der Waals surface area contributed by atoms with Gasteiger partial charge in [-0.2, -0.15) is 0 Å². The van der Waals surface area contributed by atoms with Gasteiger partial charge >= 0.3 is 0 Å². The maximum atomic E-state index is 12.9. The number of nitrogens with one attached hydrogen (secondary N) is 1. The van der Waals surface area contributed by atoms with E-state index in [1.165, 1.54) is 0 Å². The van der Waals surface area contributed by atoms with E-state index in [-0.39, 0.29) is 11.8 Å². The normalized spacial score (nSPS) is 15.1. The van der Waals surface area contributed by atoms with E-state index >= 15 is 0 Å². The van der Waals surface area contributed by atoms with E-state index in [0.29, 0.717) is 12.8 Å². The van der Waals surface area contributed by atoms with E-state index in [1.807, 2.05) is 29.2 Å². The van der Waals surface area contributed by atoms with Crippen molar-refractivity contribution in [2.75, 3.05) is 18.4 Å². The summed E-state index contributed by atoms with van der Waals surface area (Å²) in [4.78, 5) is 27.5. The van der Waals surface area contributed by atoms with Crippen LogP contribution in [0.2, 0.25) is 0 Å². The van der Waals surface area contributed by atoms with Gasteiger partial charge in [0, 0.05) is 18.8 Å². The Balaban J connectivity index is 2.12. The summed E-state index contributed by atoms with van der Waals surface area (Å²) in [6, 6.07) is 7.80. The molecule has 1 aliphatic rings. The van der Waals surface area contributed by atoms with Crippen LogP contribution in [0.4, 0.5) is 5.69 Å². The average molecular weight is 316 g/mol. The lowest BCUT2D eigenvalue weighted by Gasteiger charge is -2.26. The molecule has 0 atom stereocenters. The number of carbonyl (C=O) groups excluding carboxylic acids is 2. The minimum Gasteiger partial charge on any atom is -0.342 e. The smallest absolute Gasteiger partial charge is 0.240 e. The van der Waals surface area contributed by atoms with Crippen molar-refractivity contribution >= 4 is 17.5 Å². The number of anilines is 1. The van der Waals surface area contributed by atoms with Gasteiger partial charge in [0.1, 0.15) is 5.41 Å². The Kier molecular flexibility index (Phi) is 5.80. The van der Waals surface area contributed by atoms with Crippen molar-refractivity contribution in [3.05, 3.63) is 29.8 Å². The molecular formula is C19H28N2O2. The molecular weight excluding hydrogens is 288 g/mol. The number of hydrogen-bond donors (Lipinski definition) is 1. The lowest BCUT2D eigenvalue weighted by Crippen LogP contribution is -2.43. The van der Waals surface area contributed by atoms with Crippen LogP contribution in [0.1, 0.15) is 52.0 Å². The van der Waals surface area contributed by atoms with Gasteiger partial charge in [-0.3, -0.25) is 9.59 Å². The lowest BCUT2D eigenvalue weighted by molar-refractivity contribution is -0.142. The molecule has 0 bridgehead atoms. The van der Waals surface area contributed by atoms with Crippen molar-refractivity contribution in [3.8, 4) is 0 Å². The minimum absolute atomic E-state index is 0.00711. The second-order valence-electron chi connectivity index (χ2n) is 6.34. The number of para-hydroxylation sites is 1. The van der Waals surface area contributed by atoms with Crippen LogP contribution < -0.4 is 5.32 Å². The number of rotatable bonds is 8. The first-order chi connectivity index (χ1) is 11.1. The van der Waals surface area contributed by atoms with Crippen LogP contribution in [-0.2, 0) is 16.0 Å². The standard InChI is InChI=1S/C19H28N2O2/c1-4-13-21(14-5-2)18(23)19(11-12-19)17(22)20-16-10-8-7-9-15(16)6-3/h7-10H,4-6,11-14H2,1-3H3,(H,20,22). The summed E-state index contributed by atoms with van der Waals surface area (Å²) < 4.78 is 0. The van der Waals surface area contributed by atoms with Crippen molar-refractivity contribution in [1.82, 2.24) is 4.90 Å². The zero-order valence-corrected chi connectivity index (χ0v) is 14.5. The highest BCUT2D eigenvalue weighted by Crippen LogP contribution is 2.48. The van der Waals surface area contributed by atoms with Crippen LogP contribution in [0, 0.1) is 5.41 Å². The van der Waals surface area contributed by atoms with Crippen LogP contribution in [-0.4, -0.2) is 29.8 Å². The molecule has 0 heterocycles. The summed E-state index contributed by atoms with van der Waals surface area (Å²) in [5, 5.41) is 3.00. The lowest BCUT2D eigenvalue weighted by atomic mass is 10.0. The number of amides is 2. The number of hydrogen-bond acceptors (Lipinski definition) is 2.